The molecule has 0 aliphatic rings. The largest absolute Gasteiger partial charge is 0.366 e. The van der Waals surface area contributed by atoms with E-state index in [0.717, 1.165) is 22.4 Å². The van der Waals surface area contributed by atoms with Crippen molar-refractivity contribution in [2.24, 2.45) is 5.73 Å². The third-order valence-corrected chi connectivity index (χ3v) is 3.26. The zero-order chi connectivity index (χ0) is 13.0. The van der Waals surface area contributed by atoms with Gasteiger partial charge in [-0.3, -0.25) is 0 Å². The number of halogens is 1. The third-order valence-electron chi connectivity index (χ3n) is 2.83. The van der Waals surface area contributed by atoms with Gasteiger partial charge in [0, 0.05) is 23.8 Å². The Morgan fingerprint density at radius 2 is 2.00 bits per heavy atom. The highest BCUT2D eigenvalue weighted by molar-refractivity contribution is 9.10. The summed E-state index contributed by atoms with van der Waals surface area (Å²) in [4.78, 5) is 4.36. The van der Waals surface area contributed by atoms with E-state index in [4.69, 9.17) is 5.73 Å². The molecular formula is C14H16BrN3. The lowest BCUT2D eigenvalue weighted by Gasteiger charge is -2.11. The van der Waals surface area contributed by atoms with Gasteiger partial charge >= 0.3 is 0 Å². The Labute approximate surface area is 116 Å². The van der Waals surface area contributed by atoms with Gasteiger partial charge in [-0.05, 0) is 45.6 Å². The minimum atomic E-state index is 0.560. The molecule has 3 nitrogen and oxygen atoms in total. The average Bonchev–Trinajstić information content (AvgIpc) is 2.38. The Morgan fingerprint density at radius 1 is 1.28 bits per heavy atom. The second-order valence-electron chi connectivity index (χ2n) is 4.15. The molecule has 94 valence electrons. The van der Waals surface area contributed by atoms with Gasteiger partial charge in [-0.25, -0.2) is 4.98 Å². The SMILES string of the molecule is Cc1cc(Br)cnc1NCc1ccccc1CN. The minimum Gasteiger partial charge on any atom is -0.366 e. The first-order valence-electron chi connectivity index (χ1n) is 5.83. The summed E-state index contributed by atoms with van der Waals surface area (Å²) in [6.45, 7) is 3.34. The van der Waals surface area contributed by atoms with Crippen molar-refractivity contribution in [3.63, 3.8) is 0 Å². The topological polar surface area (TPSA) is 50.9 Å². The van der Waals surface area contributed by atoms with Gasteiger partial charge in [0.15, 0.2) is 0 Å². The van der Waals surface area contributed by atoms with E-state index in [1.54, 1.807) is 6.20 Å². The summed E-state index contributed by atoms with van der Waals surface area (Å²) in [6, 6.07) is 10.2. The summed E-state index contributed by atoms with van der Waals surface area (Å²) in [5, 5.41) is 3.34. The van der Waals surface area contributed by atoms with Crippen LogP contribution in [0.25, 0.3) is 0 Å². The summed E-state index contributed by atoms with van der Waals surface area (Å²) in [7, 11) is 0. The van der Waals surface area contributed by atoms with Crippen LogP contribution in [-0.4, -0.2) is 4.98 Å². The van der Waals surface area contributed by atoms with Gasteiger partial charge in [0.1, 0.15) is 5.82 Å². The van der Waals surface area contributed by atoms with E-state index in [2.05, 4.69) is 38.4 Å². The van der Waals surface area contributed by atoms with Crippen molar-refractivity contribution in [3.05, 3.63) is 57.7 Å². The third kappa shape index (κ3) is 3.09. The molecule has 0 amide bonds. The summed E-state index contributed by atoms with van der Waals surface area (Å²) >= 11 is 3.41. The molecule has 18 heavy (non-hydrogen) atoms. The van der Waals surface area contributed by atoms with E-state index >= 15 is 0 Å². The summed E-state index contributed by atoms with van der Waals surface area (Å²) < 4.78 is 0.993. The highest BCUT2D eigenvalue weighted by Gasteiger charge is 2.03. The molecule has 0 aliphatic heterocycles. The Kier molecular flexibility index (Phi) is 4.33. The number of hydrogen-bond acceptors (Lipinski definition) is 3. The molecule has 2 aromatic rings. The van der Waals surface area contributed by atoms with Gasteiger partial charge in [0.2, 0.25) is 0 Å². The Balaban J connectivity index is 2.11. The van der Waals surface area contributed by atoms with Gasteiger partial charge in [-0.1, -0.05) is 24.3 Å². The zero-order valence-electron chi connectivity index (χ0n) is 10.3. The van der Waals surface area contributed by atoms with E-state index in [1.807, 2.05) is 25.1 Å². The second-order valence-corrected chi connectivity index (χ2v) is 5.06. The van der Waals surface area contributed by atoms with Crippen LogP contribution in [0, 0.1) is 6.92 Å². The first-order valence-corrected chi connectivity index (χ1v) is 6.63. The number of aryl methyl sites for hydroxylation is 1. The first kappa shape index (κ1) is 13.1. The summed E-state index contributed by atoms with van der Waals surface area (Å²) in [6.07, 6.45) is 1.80. The van der Waals surface area contributed by atoms with Crippen LogP contribution in [0.2, 0.25) is 0 Å². The van der Waals surface area contributed by atoms with Crippen molar-refractivity contribution < 1.29 is 0 Å². The molecule has 4 heteroatoms. The molecule has 1 aromatic heterocycles. The molecule has 2 rings (SSSR count). The monoisotopic (exact) mass is 305 g/mol. The highest BCUT2D eigenvalue weighted by Crippen LogP contribution is 2.18. The summed E-state index contributed by atoms with van der Waals surface area (Å²) in [5.41, 5.74) is 9.22. The zero-order valence-corrected chi connectivity index (χ0v) is 11.9. The van der Waals surface area contributed by atoms with Gasteiger partial charge < -0.3 is 11.1 Å². The number of nitrogens with one attached hydrogen (secondary N) is 1. The van der Waals surface area contributed by atoms with Crippen LogP contribution in [0.5, 0.6) is 0 Å². The van der Waals surface area contributed by atoms with Crippen molar-refractivity contribution in [1.29, 1.82) is 0 Å². The van der Waals surface area contributed by atoms with Crippen molar-refractivity contribution >= 4 is 21.7 Å². The van der Waals surface area contributed by atoms with E-state index in [9.17, 15) is 0 Å². The van der Waals surface area contributed by atoms with Gasteiger partial charge in [0.05, 0.1) is 0 Å². The number of aromatic nitrogens is 1. The maximum absolute atomic E-state index is 5.72. The Hall–Kier alpha value is -1.39. The molecule has 1 heterocycles. The average molecular weight is 306 g/mol. The minimum absolute atomic E-state index is 0.560. The quantitative estimate of drug-likeness (QED) is 0.912. The number of rotatable bonds is 4. The molecule has 0 atom stereocenters. The molecule has 0 saturated heterocycles. The summed E-state index contributed by atoms with van der Waals surface area (Å²) in [5.74, 6) is 0.907. The fraction of sp³-hybridized carbons (Fsp3) is 0.214. The predicted octanol–water partition coefficient (Wildman–Crippen LogP) is 3.22. The lowest BCUT2D eigenvalue weighted by Crippen LogP contribution is -2.07. The van der Waals surface area contributed by atoms with Crippen LogP contribution in [0.15, 0.2) is 41.0 Å². The van der Waals surface area contributed by atoms with Crippen LogP contribution in [0.3, 0.4) is 0 Å². The highest BCUT2D eigenvalue weighted by atomic mass is 79.9. The molecule has 3 N–H and O–H groups in total. The molecule has 0 aliphatic carbocycles. The Bertz CT molecular complexity index is 540. The number of pyridine rings is 1. The van der Waals surface area contributed by atoms with E-state index in [0.29, 0.717) is 6.54 Å². The lowest BCUT2D eigenvalue weighted by atomic mass is 10.1. The van der Waals surface area contributed by atoms with Crippen LogP contribution in [0.4, 0.5) is 5.82 Å². The van der Waals surface area contributed by atoms with Crippen LogP contribution >= 0.6 is 15.9 Å². The van der Waals surface area contributed by atoms with Crippen molar-refractivity contribution in [2.45, 2.75) is 20.0 Å². The molecule has 0 unspecified atom stereocenters. The number of hydrogen-bond donors (Lipinski definition) is 2. The molecule has 1 aromatic carbocycles. The van der Waals surface area contributed by atoms with Crippen LogP contribution in [-0.2, 0) is 13.1 Å². The van der Waals surface area contributed by atoms with Crippen molar-refractivity contribution in [3.8, 4) is 0 Å². The first-order chi connectivity index (χ1) is 8.70. The molecule has 0 bridgehead atoms. The predicted molar refractivity (Wildman–Crippen MR) is 78.3 cm³/mol. The normalized spacial score (nSPS) is 10.4. The standard InChI is InChI=1S/C14H16BrN3/c1-10-6-13(15)9-18-14(10)17-8-12-5-3-2-4-11(12)7-16/h2-6,9H,7-8,16H2,1H3,(H,17,18). The molecule has 0 radical (unpaired) electrons. The smallest absolute Gasteiger partial charge is 0.129 e. The number of anilines is 1. The Morgan fingerprint density at radius 3 is 2.67 bits per heavy atom. The van der Waals surface area contributed by atoms with E-state index in [1.165, 1.54) is 11.1 Å². The molecular weight excluding hydrogens is 290 g/mol. The number of benzene rings is 1. The van der Waals surface area contributed by atoms with Crippen LogP contribution < -0.4 is 11.1 Å². The fourth-order valence-electron chi connectivity index (χ4n) is 1.83. The molecule has 0 saturated carbocycles. The van der Waals surface area contributed by atoms with Gasteiger partial charge in [-0.2, -0.15) is 0 Å². The lowest BCUT2D eigenvalue weighted by molar-refractivity contribution is 0.999. The van der Waals surface area contributed by atoms with E-state index in [-0.39, 0.29) is 0 Å². The van der Waals surface area contributed by atoms with Gasteiger partial charge in [-0.15, -0.1) is 0 Å². The van der Waals surface area contributed by atoms with Crippen molar-refractivity contribution in [2.75, 3.05) is 5.32 Å². The maximum atomic E-state index is 5.72. The number of nitrogens with zero attached hydrogens (tertiary/aromatic N) is 1. The molecule has 0 spiro atoms. The van der Waals surface area contributed by atoms with Crippen molar-refractivity contribution in [1.82, 2.24) is 4.98 Å². The van der Waals surface area contributed by atoms with Crippen LogP contribution in [0.1, 0.15) is 16.7 Å². The molecule has 0 fully saturated rings. The van der Waals surface area contributed by atoms with E-state index < -0.39 is 0 Å². The second kappa shape index (κ2) is 5.98. The van der Waals surface area contributed by atoms with Gasteiger partial charge in [0.25, 0.3) is 0 Å². The maximum Gasteiger partial charge on any atom is 0.129 e. The number of nitrogens with two attached hydrogens (primary N) is 1. The fourth-order valence-corrected chi connectivity index (χ4v) is 2.28.